The van der Waals surface area contributed by atoms with E-state index < -0.39 is 17.8 Å². The van der Waals surface area contributed by atoms with Crippen LogP contribution in [0, 0.1) is 23.2 Å². The average Bonchev–Trinajstić information content (AvgIpc) is 3.25. The number of aliphatic hydroxyl groups is 3. The van der Waals surface area contributed by atoms with Gasteiger partial charge < -0.3 is 20.1 Å². The summed E-state index contributed by atoms with van der Waals surface area (Å²) in [5.74, 6) is 1.65. The Morgan fingerprint density at radius 1 is 1.19 bits per heavy atom. The van der Waals surface area contributed by atoms with Crippen molar-refractivity contribution in [1.82, 2.24) is 0 Å². The number of rotatable bonds is 4. The quantitative estimate of drug-likeness (QED) is 0.605. The van der Waals surface area contributed by atoms with Gasteiger partial charge in [0.1, 0.15) is 0 Å². The van der Waals surface area contributed by atoms with E-state index in [-0.39, 0.29) is 5.41 Å². The molecule has 3 aliphatic carbocycles. The second-order valence-electron chi connectivity index (χ2n) is 11.7. The van der Waals surface area contributed by atoms with Crippen LogP contribution < -0.4 is 0 Å². The predicted molar refractivity (Wildman–Crippen MR) is 123 cm³/mol. The summed E-state index contributed by atoms with van der Waals surface area (Å²) < 4.78 is 6.33. The highest BCUT2D eigenvalue weighted by Crippen LogP contribution is 2.60. The maximum atomic E-state index is 10.2. The lowest BCUT2D eigenvalue weighted by Crippen LogP contribution is -2.38. The number of hydrogen-bond acceptors (Lipinski definition) is 4. The summed E-state index contributed by atoms with van der Waals surface area (Å²) in [6.45, 7) is 11.1. The Balaban J connectivity index is 1.47. The molecule has 4 nitrogen and oxygen atoms in total. The first kappa shape index (κ1) is 23.2. The molecule has 0 bridgehead atoms. The van der Waals surface area contributed by atoms with Gasteiger partial charge in [0, 0.05) is 13.0 Å². The van der Waals surface area contributed by atoms with Crippen LogP contribution in [0.2, 0.25) is 0 Å². The summed E-state index contributed by atoms with van der Waals surface area (Å²) >= 11 is 0. The molecule has 0 radical (unpaired) electrons. The summed E-state index contributed by atoms with van der Waals surface area (Å²) in [6, 6.07) is 0. The fourth-order valence-corrected chi connectivity index (χ4v) is 7.21. The van der Waals surface area contributed by atoms with Crippen LogP contribution in [-0.4, -0.2) is 45.8 Å². The lowest BCUT2D eigenvalue weighted by atomic mass is 9.62. The molecule has 3 N–H and O–H groups in total. The Labute approximate surface area is 188 Å². The Morgan fingerprint density at radius 3 is 2.71 bits per heavy atom. The van der Waals surface area contributed by atoms with Gasteiger partial charge in [0.2, 0.25) is 0 Å². The molecule has 0 aromatic carbocycles. The van der Waals surface area contributed by atoms with Gasteiger partial charge in [0.25, 0.3) is 0 Å². The number of aliphatic hydroxyl groups excluding tert-OH is 2. The lowest BCUT2D eigenvalue weighted by molar-refractivity contribution is -0.00224. The third kappa shape index (κ3) is 4.88. The van der Waals surface area contributed by atoms with Crippen molar-refractivity contribution in [1.29, 1.82) is 0 Å². The average molecular weight is 431 g/mol. The van der Waals surface area contributed by atoms with Crippen molar-refractivity contribution in [2.45, 2.75) is 102 Å². The molecule has 0 amide bonds. The van der Waals surface area contributed by atoms with Crippen LogP contribution in [0.3, 0.4) is 0 Å². The molecule has 7 atom stereocenters. The first-order valence-electron chi connectivity index (χ1n) is 12.4. The van der Waals surface area contributed by atoms with Crippen molar-refractivity contribution in [3.8, 4) is 0 Å². The molecule has 1 saturated heterocycles. The number of allylic oxidation sites excluding steroid dienone is 3. The molecule has 4 aliphatic rings. The van der Waals surface area contributed by atoms with Gasteiger partial charge in [0.15, 0.2) is 0 Å². The maximum Gasteiger partial charge on any atom is 0.0811 e. The predicted octanol–water partition coefficient (Wildman–Crippen LogP) is 4.69. The van der Waals surface area contributed by atoms with Gasteiger partial charge in [-0.05, 0) is 99.5 Å². The smallest absolute Gasteiger partial charge is 0.0811 e. The van der Waals surface area contributed by atoms with E-state index in [1.807, 2.05) is 13.8 Å². The van der Waals surface area contributed by atoms with Crippen molar-refractivity contribution in [3.05, 3.63) is 35.5 Å². The van der Waals surface area contributed by atoms with Crippen molar-refractivity contribution in [2.75, 3.05) is 6.61 Å². The highest BCUT2D eigenvalue weighted by atomic mass is 16.5. The minimum atomic E-state index is -0.628. The molecule has 0 aromatic rings. The first-order valence-corrected chi connectivity index (χ1v) is 12.4. The lowest BCUT2D eigenvalue weighted by Gasteiger charge is -2.44. The second kappa shape index (κ2) is 8.78. The Morgan fingerprint density at radius 2 is 1.97 bits per heavy atom. The van der Waals surface area contributed by atoms with Gasteiger partial charge in [-0.3, -0.25) is 0 Å². The summed E-state index contributed by atoms with van der Waals surface area (Å²) in [7, 11) is 0. The Kier molecular flexibility index (Phi) is 6.58. The Hall–Kier alpha value is -0.940. The van der Waals surface area contributed by atoms with Crippen LogP contribution in [0.4, 0.5) is 0 Å². The van der Waals surface area contributed by atoms with Gasteiger partial charge in [-0.25, -0.2) is 0 Å². The molecule has 4 fully saturated rings. The third-order valence-corrected chi connectivity index (χ3v) is 8.65. The molecular weight excluding hydrogens is 388 g/mol. The van der Waals surface area contributed by atoms with Crippen molar-refractivity contribution in [2.24, 2.45) is 23.2 Å². The van der Waals surface area contributed by atoms with Crippen molar-refractivity contribution < 1.29 is 20.1 Å². The van der Waals surface area contributed by atoms with Crippen LogP contribution in [0.1, 0.15) is 78.6 Å². The molecule has 3 unspecified atom stereocenters. The molecule has 4 rings (SSSR count). The second-order valence-corrected chi connectivity index (χ2v) is 11.7. The van der Waals surface area contributed by atoms with Crippen LogP contribution in [0.15, 0.2) is 35.5 Å². The molecule has 0 aromatic heterocycles. The van der Waals surface area contributed by atoms with Gasteiger partial charge in [-0.1, -0.05) is 31.2 Å². The van der Waals surface area contributed by atoms with E-state index in [4.69, 9.17) is 4.74 Å². The molecule has 0 spiro atoms. The molecule has 31 heavy (non-hydrogen) atoms. The highest BCUT2D eigenvalue weighted by Gasteiger charge is 2.53. The molecule has 1 aliphatic heterocycles. The van der Waals surface area contributed by atoms with Gasteiger partial charge in [-0.15, -0.1) is 0 Å². The fraction of sp³-hybridized carbons (Fsp3) is 0.778. The summed E-state index contributed by atoms with van der Waals surface area (Å²) in [5.41, 5.74) is 2.94. The monoisotopic (exact) mass is 430 g/mol. The zero-order valence-corrected chi connectivity index (χ0v) is 19.6. The summed E-state index contributed by atoms with van der Waals surface area (Å²) in [5, 5.41) is 30.4. The van der Waals surface area contributed by atoms with Crippen LogP contribution in [-0.2, 0) is 4.74 Å². The van der Waals surface area contributed by atoms with Crippen molar-refractivity contribution in [3.63, 3.8) is 0 Å². The van der Waals surface area contributed by atoms with Gasteiger partial charge in [-0.2, -0.15) is 0 Å². The van der Waals surface area contributed by atoms with Gasteiger partial charge >= 0.3 is 0 Å². The Bertz CT molecular complexity index is 745. The van der Waals surface area contributed by atoms with Crippen molar-refractivity contribution >= 4 is 0 Å². The molecule has 4 heteroatoms. The standard InChI is InChI=1S/C27H42O4/c1-17-20(13-21(28)14-24(17)29)8-7-19-6-5-11-27(4)22(19)9-10-23(27)25-12-18(16-31-25)15-26(2,3)30/h7-8,18,21-25,28-30H,1,5-6,9-16H2,2-4H3/b19-7+,20-8-/t18-,21+,22?,23?,24?,25-,27-/m0/s1. The van der Waals surface area contributed by atoms with Gasteiger partial charge in [0.05, 0.1) is 23.9 Å². The largest absolute Gasteiger partial charge is 0.393 e. The van der Waals surface area contributed by atoms with Crippen LogP contribution in [0.5, 0.6) is 0 Å². The topological polar surface area (TPSA) is 69.9 Å². The van der Waals surface area contributed by atoms with E-state index >= 15 is 0 Å². The number of hydrogen-bond donors (Lipinski definition) is 3. The zero-order chi connectivity index (χ0) is 22.4. The first-order chi connectivity index (χ1) is 14.6. The minimum absolute atomic E-state index is 0.277. The van der Waals surface area contributed by atoms with E-state index in [1.54, 1.807) is 0 Å². The van der Waals surface area contributed by atoms with E-state index in [1.165, 1.54) is 31.3 Å². The molecule has 3 saturated carbocycles. The minimum Gasteiger partial charge on any atom is -0.393 e. The summed E-state index contributed by atoms with van der Waals surface area (Å²) in [6.07, 6.45) is 12.5. The molecule has 1 heterocycles. The SMILES string of the molecule is C=C1/C(=C\C=C2/CCC[C@@]3(C)C2CCC3[C@@H]2C[C@@H](CC(C)(C)O)CO2)C[C@@H](O)CC1O. The van der Waals surface area contributed by atoms with E-state index in [0.29, 0.717) is 36.7 Å². The third-order valence-electron chi connectivity index (χ3n) is 8.65. The van der Waals surface area contributed by atoms with Crippen LogP contribution in [0.25, 0.3) is 0 Å². The normalized spacial score (nSPS) is 44.3. The van der Waals surface area contributed by atoms with E-state index in [2.05, 4.69) is 25.7 Å². The molecule has 174 valence electrons. The van der Waals surface area contributed by atoms with E-state index in [0.717, 1.165) is 37.0 Å². The number of ether oxygens (including phenoxy) is 1. The zero-order valence-electron chi connectivity index (χ0n) is 19.6. The number of fused-ring (bicyclic) bond motifs is 1. The fourth-order valence-electron chi connectivity index (χ4n) is 7.21. The maximum absolute atomic E-state index is 10.2. The van der Waals surface area contributed by atoms with E-state index in [9.17, 15) is 15.3 Å². The van der Waals surface area contributed by atoms with Crippen LogP contribution >= 0.6 is 0 Å². The summed E-state index contributed by atoms with van der Waals surface area (Å²) in [4.78, 5) is 0. The molecular formula is C27H42O4. The highest BCUT2D eigenvalue weighted by molar-refractivity contribution is 5.38.